The van der Waals surface area contributed by atoms with Crippen molar-refractivity contribution in [2.75, 3.05) is 30.0 Å². The van der Waals surface area contributed by atoms with Crippen LogP contribution >= 0.6 is 0 Å². The molecule has 0 aliphatic carbocycles. The number of benzene rings is 2. The zero-order valence-corrected chi connectivity index (χ0v) is 19.5. The van der Waals surface area contributed by atoms with Crippen molar-refractivity contribution in [3.05, 3.63) is 53.6 Å². The van der Waals surface area contributed by atoms with E-state index < -0.39 is 0 Å². The maximum Gasteiger partial charge on any atom is 0.265 e. The number of aromatic nitrogens is 4. The molecular weight excluding hydrogens is 434 g/mol. The maximum absolute atomic E-state index is 12.7. The molecule has 0 atom stereocenters. The number of nitrogens with two attached hydrogens (primary N) is 1. The van der Waals surface area contributed by atoms with Crippen LogP contribution in [-0.2, 0) is 11.3 Å². The molecule has 0 saturated carbocycles. The third-order valence-corrected chi connectivity index (χ3v) is 5.41. The summed E-state index contributed by atoms with van der Waals surface area (Å²) in [4.78, 5) is 17.2. The standard InChI is InChI=1S/C24H27N7O3/c1-5-26-23-20(24-28-22(30-34-24)16-7-10-18(33-4)11-8-16)21(25)31(29-23)13-19(32)27-17-9-6-14(2)15(3)12-17/h6-12H,5,13,25H2,1-4H3,(H,26,29)(H,27,32). The average molecular weight is 462 g/mol. The molecular formula is C24H27N7O3. The van der Waals surface area contributed by atoms with Gasteiger partial charge in [-0.3, -0.25) is 4.79 Å². The molecule has 0 fully saturated rings. The van der Waals surface area contributed by atoms with E-state index in [0.717, 1.165) is 22.4 Å². The highest BCUT2D eigenvalue weighted by Crippen LogP contribution is 2.33. The van der Waals surface area contributed by atoms with E-state index in [-0.39, 0.29) is 24.2 Å². The van der Waals surface area contributed by atoms with Crippen LogP contribution in [0.15, 0.2) is 47.0 Å². The lowest BCUT2D eigenvalue weighted by Gasteiger charge is -2.08. The molecule has 0 unspecified atom stereocenters. The molecule has 10 heteroatoms. The average Bonchev–Trinajstić information content (AvgIpc) is 3.41. The van der Waals surface area contributed by atoms with Gasteiger partial charge in [-0.05, 0) is 68.3 Å². The van der Waals surface area contributed by atoms with Gasteiger partial charge in [-0.25, -0.2) is 4.68 Å². The Balaban J connectivity index is 1.58. The minimum Gasteiger partial charge on any atom is -0.497 e. The van der Waals surface area contributed by atoms with Gasteiger partial charge in [0.15, 0.2) is 5.82 Å². The quantitative estimate of drug-likeness (QED) is 0.360. The molecule has 4 rings (SSSR count). The Labute approximate surface area is 197 Å². The van der Waals surface area contributed by atoms with E-state index in [4.69, 9.17) is 15.0 Å². The van der Waals surface area contributed by atoms with E-state index in [1.165, 1.54) is 4.68 Å². The van der Waals surface area contributed by atoms with Gasteiger partial charge in [-0.15, -0.1) is 0 Å². The number of rotatable bonds is 8. The van der Waals surface area contributed by atoms with E-state index in [1.54, 1.807) is 7.11 Å². The first-order valence-electron chi connectivity index (χ1n) is 10.8. The molecule has 0 radical (unpaired) electrons. The summed E-state index contributed by atoms with van der Waals surface area (Å²) >= 11 is 0. The summed E-state index contributed by atoms with van der Waals surface area (Å²) in [7, 11) is 1.60. The number of anilines is 3. The maximum atomic E-state index is 12.7. The highest BCUT2D eigenvalue weighted by molar-refractivity contribution is 5.91. The Morgan fingerprint density at radius 3 is 2.59 bits per heavy atom. The number of methoxy groups -OCH3 is 1. The van der Waals surface area contributed by atoms with Crippen LogP contribution in [-0.4, -0.2) is 39.5 Å². The summed E-state index contributed by atoms with van der Waals surface area (Å²) in [6.07, 6.45) is 0. The van der Waals surface area contributed by atoms with Gasteiger partial charge in [0, 0.05) is 17.8 Å². The Morgan fingerprint density at radius 2 is 1.91 bits per heavy atom. The molecule has 2 heterocycles. The first kappa shape index (κ1) is 22.8. The van der Waals surface area contributed by atoms with Crippen LogP contribution < -0.4 is 21.1 Å². The Bertz CT molecular complexity index is 1310. The predicted octanol–water partition coefficient (Wildman–Crippen LogP) is 3.88. The molecule has 4 aromatic rings. The fourth-order valence-electron chi connectivity index (χ4n) is 3.44. The van der Waals surface area contributed by atoms with Crippen molar-refractivity contribution in [1.82, 2.24) is 19.9 Å². The van der Waals surface area contributed by atoms with Gasteiger partial charge in [0.05, 0.1) is 7.11 Å². The fourth-order valence-corrected chi connectivity index (χ4v) is 3.44. The number of hydrogen-bond acceptors (Lipinski definition) is 8. The zero-order valence-electron chi connectivity index (χ0n) is 19.5. The monoisotopic (exact) mass is 461 g/mol. The SMILES string of the molecule is CCNc1nn(CC(=O)Nc2ccc(C)c(C)c2)c(N)c1-c1nc(-c2ccc(OC)cc2)no1. The van der Waals surface area contributed by atoms with E-state index in [1.807, 2.05) is 63.2 Å². The van der Waals surface area contributed by atoms with Gasteiger partial charge in [-0.1, -0.05) is 11.2 Å². The smallest absolute Gasteiger partial charge is 0.265 e. The van der Waals surface area contributed by atoms with E-state index in [9.17, 15) is 4.79 Å². The lowest BCUT2D eigenvalue weighted by atomic mass is 10.1. The lowest BCUT2D eigenvalue weighted by molar-refractivity contribution is -0.116. The number of amides is 1. The summed E-state index contributed by atoms with van der Waals surface area (Å²) in [5.41, 5.74) is 10.6. The summed E-state index contributed by atoms with van der Waals surface area (Å²) < 4.78 is 12.1. The van der Waals surface area contributed by atoms with Crippen molar-refractivity contribution in [1.29, 1.82) is 0 Å². The summed E-state index contributed by atoms with van der Waals surface area (Å²) in [6, 6.07) is 13.1. The van der Waals surface area contributed by atoms with Crippen molar-refractivity contribution in [3.63, 3.8) is 0 Å². The molecule has 2 aromatic carbocycles. The predicted molar refractivity (Wildman–Crippen MR) is 131 cm³/mol. The summed E-state index contributed by atoms with van der Waals surface area (Å²) in [6.45, 7) is 6.47. The van der Waals surface area contributed by atoms with Crippen molar-refractivity contribution < 1.29 is 14.1 Å². The molecule has 10 nitrogen and oxygen atoms in total. The lowest BCUT2D eigenvalue weighted by Crippen LogP contribution is -2.20. The Kier molecular flexibility index (Phi) is 6.48. The third kappa shape index (κ3) is 4.70. The van der Waals surface area contributed by atoms with Crippen molar-refractivity contribution in [2.24, 2.45) is 0 Å². The highest BCUT2D eigenvalue weighted by atomic mass is 16.5. The molecule has 0 saturated heterocycles. The summed E-state index contributed by atoms with van der Waals surface area (Å²) in [5, 5.41) is 14.6. The van der Waals surface area contributed by atoms with Crippen molar-refractivity contribution in [2.45, 2.75) is 27.3 Å². The van der Waals surface area contributed by atoms with Gasteiger partial charge in [0.2, 0.25) is 11.7 Å². The van der Waals surface area contributed by atoms with Gasteiger partial charge >= 0.3 is 0 Å². The minimum absolute atomic E-state index is 0.0728. The fraction of sp³-hybridized carbons (Fsp3) is 0.250. The van der Waals surface area contributed by atoms with Crippen LogP contribution in [0.5, 0.6) is 5.75 Å². The second-order valence-electron chi connectivity index (χ2n) is 7.80. The van der Waals surface area contributed by atoms with Crippen molar-refractivity contribution >= 4 is 23.2 Å². The number of nitrogen functional groups attached to an aromatic ring is 1. The molecule has 2 aromatic heterocycles. The largest absolute Gasteiger partial charge is 0.497 e. The number of aryl methyl sites for hydroxylation is 2. The van der Waals surface area contributed by atoms with E-state index in [2.05, 4.69) is 25.9 Å². The topological polar surface area (TPSA) is 133 Å². The van der Waals surface area contributed by atoms with Crippen LogP contribution in [0.1, 0.15) is 18.1 Å². The molecule has 34 heavy (non-hydrogen) atoms. The van der Waals surface area contributed by atoms with Crippen LogP contribution in [0, 0.1) is 13.8 Å². The number of carbonyl (C=O) groups excluding carboxylic acids is 1. The molecule has 0 spiro atoms. The van der Waals surface area contributed by atoms with Crippen LogP contribution in [0.4, 0.5) is 17.3 Å². The van der Waals surface area contributed by atoms with Crippen molar-refractivity contribution in [3.8, 4) is 28.6 Å². The number of nitrogens with zero attached hydrogens (tertiary/aromatic N) is 4. The minimum atomic E-state index is -0.253. The molecule has 0 aliphatic heterocycles. The first-order chi connectivity index (χ1) is 16.4. The number of hydrogen-bond donors (Lipinski definition) is 3. The zero-order chi connectivity index (χ0) is 24.2. The molecule has 176 valence electrons. The Morgan fingerprint density at radius 1 is 1.15 bits per heavy atom. The molecule has 4 N–H and O–H groups in total. The van der Waals surface area contributed by atoms with Crippen LogP contribution in [0.2, 0.25) is 0 Å². The van der Waals surface area contributed by atoms with E-state index in [0.29, 0.717) is 29.4 Å². The van der Waals surface area contributed by atoms with Crippen LogP contribution in [0.3, 0.4) is 0 Å². The van der Waals surface area contributed by atoms with Gasteiger partial charge < -0.3 is 25.6 Å². The second-order valence-corrected chi connectivity index (χ2v) is 7.80. The highest BCUT2D eigenvalue weighted by Gasteiger charge is 2.24. The van der Waals surface area contributed by atoms with Gasteiger partial charge in [-0.2, -0.15) is 10.1 Å². The van der Waals surface area contributed by atoms with Crippen LogP contribution in [0.25, 0.3) is 22.8 Å². The number of ether oxygens (including phenoxy) is 1. The third-order valence-electron chi connectivity index (χ3n) is 5.41. The number of carbonyl (C=O) groups is 1. The second kappa shape index (κ2) is 9.65. The normalized spacial score (nSPS) is 10.8. The summed E-state index contributed by atoms with van der Waals surface area (Å²) in [5.74, 6) is 1.79. The van der Waals surface area contributed by atoms with E-state index >= 15 is 0 Å². The van der Waals surface area contributed by atoms with Gasteiger partial charge in [0.1, 0.15) is 23.7 Å². The first-order valence-corrected chi connectivity index (χ1v) is 10.8. The molecule has 0 aliphatic rings. The van der Waals surface area contributed by atoms with Gasteiger partial charge in [0.25, 0.3) is 5.89 Å². The molecule has 0 bridgehead atoms. The number of nitrogens with one attached hydrogen (secondary N) is 2. The Hall–Kier alpha value is -4.34. The molecule has 1 amide bonds.